The first-order valence-electron chi connectivity index (χ1n) is 6.04. The zero-order chi connectivity index (χ0) is 14.7. The first kappa shape index (κ1) is 15.2. The van der Waals surface area contributed by atoms with Crippen molar-refractivity contribution < 1.29 is 4.79 Å². The van der Waals surface area contributed by atoms with E-state index in [0.29, 0.717) is 32.5 Å². The van der Waals surface area contributed by atoms with Gasteiger partial charge in [0.2, 0.25) is 11.0 Å². The molecule has 7 heteroatoms. The number of carbonyl (C=O) groups excluding carboxylic acids is 1. The predicted molar refractivity (Wildman–Crippen MR) is 83.4 cm³/mol. The number of rotatable bonds is 4. The van der Waals surface area contributed by atoms with E-state index >= 15 is 0 Å². The van der Waals surface area contributed by atoms with Crippen molar-refractivity contribution in [3.63, 3.8) is 0 Å². The number of anilines is 1. The van der Waals surface area contributed by atoms with Crippen LogP contribution in [0.1, 0.15) is 20.3 Å². The monoisotopic (exact) mass is 329 g/mol. The van der Waals surface area contributed by atoms with Gasteiger partial charge in [-0.2, -0.15) is 0 Å². The van der Waals surface area contributed by atoms with Crippen LogP contribution in [-0.4, -0.2) is 16.1 Å². The minimum Gasteiger partial charge on any atom is -0.301 e. The number of nitrogens with zero attached hydrogens (tertiary/aromatic N) is 2. The highest BCUT2D eigenvalue weighted by Gasteiger charge is 2.13. The number of halogens is 2. The third-order valence-electron chi connectivity index (χ3n) is 2.43. The SMILES string of the molecule is CC(C)CC(=O)Nc1nnc(-c2ccc(Cl)cc2Cl)s1. The molecular formula is C13H13Cl2N3OS. The van der Waals surface area contributed by atoms with Crippen LogP contribution in [0.2, 0.25) is 10.0 Å². The molecule has 1 aromatic heterocycles. The molecule has 106 valence electrons. The number of carbonyl (C=O) groups is 1. The lowest BCUT2D eigenvalue weighted by molar-refractivity contribution is -0.116. The molecule has 0 saturated heterocycles. The zero-order valence-corrected chi connectivity index (χ0v) is 13.3. The van der Waals surface area contributed by atoms with Crippen molar-refractivity contribution in [1.82, 2.24) is 10.2 Å². The minimum absolute atomic E-state index is 0.0649. The Balaban J connectivity index is 2.14. The van der Waals surface area contributed by atoms with Crippen LogP contribution in [0.4, 0.5) is 5.13 Å². The molecule has 0 aliphatic heterocycles. The lowest BCUT2D eigenvalue weighted by atomic mass is 10.1. The van der Waals surface area contributed by atoms with Gasteiger partial charge in [-0.3, -0.25) is 4.79 Å². The molecule has 0 saturated carbocycles. The number of nitrogens with one attached hydrogen (secondary N) is 1. The number of hydrogen-bond acceptors (Lipinski definition) is 4. The maximum Gasteiger partial charge on any atom is 0.226 e. The summed E-state index contributed by atoms with van der Waals surface area (Å²) in [4.78, 5) is 11.7. The summed E-state index contributed by atoms with van der Waals surface area (Å²) in [6.07, 6.45) is 0.455. The molecule has 0 spiro atoms. The van der Waals surface area contributed by atoms with Crippen LogP contribution in [-0.2, 0) is 4.79 Å². The van der Waals surface area contributed by atoms with Gasteiger partial charge in [0.15, 0.2) is 5.01 Å². The van der Waals surface area contributed by atoms with Crippen LogP contribution in [0.3, 0.4) is 0 Å². The van der Waals surface area contributed by atoms with Gasteiger partial charge in [0, 0.05) is 17.0 Å². The van der Waals surface area contributed by atoms with Crippen molar-refractivity contribution in [2.24, 2.45) is 5.92 Å². The Morgan fingerprint density at radius 1 is 1.35 bits per heavy atom. The van der Waals surface area contributed by atoms with Crippen LogP contribution in [0.5, 0.6) is 0 Å². The van der Waals surface area contributed by atoms with Gasteiger partial charge < -0.3 is 5.32 Å². The third kappa shape index (κ3) is 3.91. The van der Waals surface area contributed by atoms with E-state index in [2.05, 4.69) is 15.5 Å². The van der Waals surface area contributed by atoms with Crippen LogP contribution in [0.15, 0.2) is 18.2 Å². The van der Waals surface area contributed by atoms with Gasteiger partial charge in [-0.05, 0) is 24.1 Å². The van der Waals surface area contributed by atoms with Crippen molar-refractivity contribution in [1.29, 1.82) is 0 Å². The first-order chi connectivity index (χ1) is 9.45. The van der Waals surface area contributed by atoms with Crippen molar-refractivity contribution in [3.05, 3.63) is 28.2 Å². The topological polar surface area (TPSA) is 54.9 Å². The molecule has 4 nitrogen and oxygen atoms in total. The molecule has 1 N–H and O–H groups in total. The van der Waals surface area contributed by atoms with E-state index in [1.54, 1.807) is 18.2 Å². The van der Waals surface area contributed by atoms with Crippen molar-refractivity contribution >= 4 is 45.6 Å². The fourth-order valence-electron chi connectivity index (χ4n) is 1.59. The summed E-state index contributed by atoms with van der Waals surface area (Å²) in [5.41, 5.74) is 0.748. The molecule has 1 amide bonds. The van der Waals surface area contributed by atoms with Crippen LogP contribution < -0.4 is 5.32 Å². The van der Waals surface area contributed by atoms with Crippen LogP contribution >= 0.6 is 34.5 Å². The highest BCUT2D eigenvalue weighted by atomic mass is 35.5. The zero-order valence-electron chi connectivity index (χ0n) is 11.0. The second kappa shape index (κ2) is 6.52. The average molecular weight is 330 g/mol. The molecule has 0 radical (unpaired) electrons. The number of aromatic nitrogens is 2. The summed E-state index contributed by atoms with van der Waals surface area (Å²) in [6.45, 7) is 3.97. The molecule has 0 fully saturated rings. The molecule has 0 aliphatic carbocycles. The smallest absolute Gasteiger partial charge is 0.226 e. The number of benzene rings is 1. The summed E-state index contributed by atoms with van der Waals surface area (Å²) in [6, 6.07) is 5.17. The summed E-state index contributed by atoms with van der Waals surface area (Å²) in [5, 5.41) is 12.9. The van der Waals surface area contributed by atoms with Crippen LogP contribution in [0.25, 0.3) is 10.6 Å². The molecule has 2 aromatic rings. The van der Waals surface area contributed by atoms with Crippen LogP contribution in [0, 0.1) is 5.92 Å². The average Bonchev–Trinajstić information content (AvgIpc) is 2.75. The molecule has 0 atom stereocenters. The molecule has 0 aliphatic rings. The fourth-order valence-corrected chi connectivity index (χ4v) is 2.94. The summed E-state index contributed by atoms with van der Waals surface area (Å²) in [5.74, 6) is 0.234. The Hall–Kier alpha value is -1.17. The molecule has 0 bridgehead atoms. The predicted octanol–water partition coefficient (Wildman–Crippen LogP) is 4.50. The second-order valence-corrected chi connectivity index (χ2v) is 6.50. The van der Waals surface area contributed by atoms with Gasteiger partial charge in [0.05, 0.1) is 5.02 Å². The summed E-state index contributed by atoms with van der Waals surface area (Å²) < 4.78 is 0. The Morgan fingerprint density at radius 3 is 2.75 bits per heavy atom. The van der Waals surface area contributed by atoms with Crippen molar-refractivity contribution in [2.45, 2.75) is 20.3 Å². The Kier molecular flexibility index (Phi) is 4.96. The summed E-state index contributed by atoms with van der Waals surface area (Å²) >= 11 is 13.2. The van der Waals surface area contributed by atoms with Gasteiger partial charge in [0.1, 0.15) is 0 Å². The lowest BCUT2D eigenvalue weighted by Crippen LogP contribution is -2.13. The molecule has 0 unspecified atom stereocenters. The van der Waals surface area contributed by atoms with Gasteiger partial charge in [-0.15, -0.1) is 10.2 Å². The quantitative estimate of drug-likeness (QED) is 0.898. The van der Waals surface area contributed by atoms with Gasteiger partial charge in [-0.1, -0.05) is 48.4 Å². The van der Waals surface area contributed by atoms with E-state index in [4.69, 9.17) is 23.2 Å². The normalized spacial score (nSPS) is 10.8. The van der Waals surface area contributed by atoms with Crippen molar-refractivity contribution in [2.75, 3.05) is 5.32 Å². The van der Waals surface area contributed by atoms with E-state index in [-0.39, 0.29) is 5.91 Å². The molecule has 20 heavy (non-hydrogen) atoms. The van der Waals surface area contributed by atoms with E-state index in [1.807, 2.05) is 13.8 Å². The van der Waals surface area contributed by atoms with Gasteiger partial charge >= 0.3 is 0 Å². The maximum atomic E-state index is 11.7. The number of amides is 1. The van der Waals surface area contributed by atoms with E-state index < -0.39 is 0 Å². The van der Waals surface area contributed by atoms with E-state index in [9.17, 15) is 4.79 Å². The van der Waals surface area contributed by atoms with Crippen molar-refractivity contribution in [3.8, 4) is 10.6 Å². The number of hydrogen-bond donors (Lipinski definition) is 1. The van der Waals surface area contributed by atoms with Gasteiger partial charge in [0.25, 0.3) is 0 Å². The third-order valence-corrected chi connectivity index (χ3v) is 3.85. The maximum absolute atomic E-state index is 11.7. The first-order valence-corrected chi connectivity index (χ1v) is 7.61. The standard InChI is InChI=1S/C13H13Cl2N3OS/c1-7(2)5-11(19)16-13-18-17-12(20-13)9-4-3-8(14)6-10(9)15/h3-4,6-7H,5H2,1-2H3,(H,16,18,19). The Labute approximate surface area is 131 Å². The fraction of sp³-hybridized carbons (Fsp3) is 0.308. The van der Waals surface area contributed by atoms with Gasteiger partial charge in [-0.25, -0.2) is 0 Å². The lowest BCUT2D eigenvalue weighted by Gasteiger charge is -2.03. The Bertz CT molecular complexity index is 628. The largest absolute Gasteiger partial charge is 0.301 e. The molecular weight excluding hydrogens is 317 g/mol. The van der Waals surface area contributed by atoms with E-state index in [0.717, 1.165) is 5.56 Å². The highest BCUT2D eigenvalue weighted by Crippen LogP contribution is 2.33. The Morgan fingerprint density at radius 2 is 2.10 bits per heavy atom. The second-order valence-electron chi connectivity index (χ2n) is 4.68. The minimum atomic E-state index is -0.0649. The van der Waals surface area contributed by atoms with E-state index in [1.165, 1.54) is 11.3 Å². The summed E-state index contributed by atoms with van der Waals surface area (Å²) in [7, 11) is 0. The molecule has 2 rings (SSSR count). The molecule has 1 aromatic carbocycles. The highest BCUT2D eigenvalue weighted by molar-refractivity contribution is 7.18. The molecule has 1 heterocycles.